The Labute approximate surface area is 131 Å². The van der Waals surface area contributed by atoms with Crippen LogP contribution in [0.3, 0.4) is 0 Å². The van der Waals surface area contributed by atoms with Crippen LogP contribution in [-0.4, -0.2) is 28.3 Å². The van der Waals surface area contributed by atoms with Crippen molar-refractivity contribution in [1.29, 1.82) is 0 Å². The molecule has 1 aromatic carbocycles. The summed E-state index contributed by atoms with van der Waals surface area (Å²) in [4.78, 5) is 11.9. The molecule has 0 aliphatic heterocycles. The fourth-order valence-corrected chi connectivity index (χ4v) is 2.20. The van der Waals surface area contributed by atoms with Crippen molar-refractivity contribution in [2.75, 3.05) is 11.9 Å². The second-order valence-electron chi connectivity index (χ2n) is 5.42. The Hall–Kier alpha value is -2.30. The first kappa shape index (κ1) is 16.1. The molecule has 1 amide bonds. The number of rotatable bonds is 7. The fourth-order valence-electron chi connectivity index (χ4n) is 2.20. The summed E-state index contributed by atoms with van der Waals surface area (Å²) in [5.74, 6) is 0.703. The van der Waals surface area contributed by atoms with Crippen LogP contribution in [0.25, 0.3) is 0 Å². The first-order valence-corrected chi connectivity index (χ1v) is 7.76. The average Bonchev–Trinajstić information content (AvgIpc) is 3.01. The van der Waals surface area contributed by atoms with Crippen molar-refractivity contribution in [3.8, 4) is 0 Å². The zero-order valence-corrected chi connectivity index (χ0v) is 13.4. The van der Waals surface area contributed by atoms with Gasteiger partial charge < -0.3 is 10.6 Å². The molecular weight excluding hydrogens is 276 g/mol. The summed E-state index contributed by atoms with van der Waals surface area (Å²) in [5.41, 5.74) is 1.20. The number of nitrogens with zero attached hydrogens (tertiary/aromatic N) is 2. The molecule has 0 unspecified atom stereocenters. The third-order valence-corrected chi connectivity index (χ3v) is 3.59. The standard InChI is InChI=1S/C17H24N4O/c1-4-11-18-17(22)13(2)19-16-10-12-21(20-16)14(3)15-8-6-5-7-9-15/h5-10,12-14H,4,11H2,1-3H3,(H,18,22)(H,19,20)/t13-,14+/m1/s1. The van der Waals surface area contributed by atoms with Crippen molar-refractivity contribution < 1.29 is 4.79 Å². The Bertz CT molecular complexity index is 594. The molecule has 1 aromatic heterocycles. The first-order valence-electron chi connectivity index (χ1n) is 7.76. The van der Waals surface area contributed by atoms with Gasteiger partial charge in [0.2, 0.25) is 5.91 Å². The van der Waals surface area contributed by atoms with E-state index in [1.807, 2.05) is 49.0 Å². The number of amides is 1. The van der Waals surface area contributed by atoms with Gasteiger partial charge >= 0.3 is 0 Å². The van der Waals surface area contributed by atoms with Gasteiger partial charge in [0, 0.05) is 18.8 Å². The van der Waals surface area contributed by atoms with E-state index in [4.69, 9.17) is 0 Å². The highest BCUT2D eigenvalue weighted by Crippen LogP contribution is 2.18. The summed E-state index contributed by atoms with van der Waals surface area (Å²) in [6.07, 6.45) is 2.86. The van der Waals surface area contributed by atoms with E-state index >= 15 is 0 Å². The largest absolute Gasteiger partial charge is 0.357 e. The van der Waals surface area contributed by atoms with E-state index in [2.05, 4.69) is 34.8 Å². The molecule has 0 saturated carbocycles. The van der Waals surface area contributed by atoms with E-state index in [0.29, 0.717) is 12.4 Å². The minimum atomic E-state index is -0.304. The summed E-state index contributed by atoms with van der Waals surface area (Å²) in [6.45, 7) is 6.67. The molecule has 0 bridgehead atoms. The number of aromatic nitrogens is 2. The highest BCUT2D eigenvalue weighted by molar-refractivity contribution is 5.83. The molecule has 2 rings (SSSR count). The molecule has 2 atom stereocenters. The molecule has 22 heavy (non-hydrogen) atoms. The van der Waals surface area contributed by atoms with Crippen molar-refractivity contribution in [3.63, 3.8) is 0 Å². The van der Waals surface area contributed by atoms with Crippen molar-refractivity contribution in [2.24, 2.45) is 0 Å². The van der Waals surface area contributed by atoms with Gasteiger partial charge in [-0.05, 0) is 25.8 Å². The number of hydrogen-bond donors (Lipinski definition) is 2. The molecule has 0 fully saturated rings. The van der Waals surface area contributed by atoms with Crippen LogP contribution >= 0.6 is 0 Å². The highest BCUT2D eigenvalue weighted by Gasteiger charge is 2.14. The molecule has 5 heteroatoms. The second-order valence-corrected chi connectivity index (χ2v) is 5.42. The highest BCUT2D eigenvalue weighted by atomic mass is 16.2. The third kappa shape index (κ3) is 4.10. The second kappa shape index (κ2) is 7.64. The van der Waals surface area contributed by atoms with Crippen LogP contribution < -0.4 is 10.6 Å². The van der Waals surface area contributed by atoms with Crippen LogP contribution in [0, 0.1) is 0 Å². The number of carbonyl (C=O) groups excluding carboxylic acids is 1. The molecule has 1 heterocycles. The van der Waals surface area contributed by atoms with Crippen molar-refractivity contribution >= 4 is 11.7 Å². The van der Waals surface area contributed by atoms with Crippen LogP contribution in [0.4, 0.5) is 5.82 Å². The van der Waals surface area contributed by atoms with Gasteiger partial charge in [-0.2, -0.15) is 5.10 Å². The Morgan fingerprint density at radius 3 is 2.64 bits per heavy atom. The van der Waals surface area contributed by atoms with Gasteiger partial charge in [0.1, 0.15) is 11.9 Å². The maximum absolute atomic E-state index is 11.9. The molecule has 118 valence electrons. The summed E-state index contributed by atoms with van der Waals surface area (Å²) in [5, 5.41) is 10.5. The normalized spacial score (nSPS) is 13.4. The fraction of sp³-hybridized carbons (Fsp3) is 0.412. The van der Waals surface area contributed by atoms with Gasteiger partial charge in [0.15, 0.2) is 0 Å². The van der Waals surface area contributed by atoms with Gasteiger partial charge in [0.25, 0.3) is 0 Å². The predicted octanol–water partition coefficient (Wildman–Crippen LogP) is 2.82. The quantitative estimate of drug-likeness (QED) is 0.826. The van der Waals surface area contributed by atoms with Crippen LogP contribution in [0.2, 0.25) is 0 Å². The number of anilines is 1. The Balaban J connectivity index is 1.98. The Kier molecular flexibility index (Phi) is 5.58. The summed E-state index contributed by atoms with van der Waals surface area (Å²) >= 11 is 0. The molecule has 0 saturated heterocycles. The zero-order valence-electron chi connectivity index (χ0n) is 13.4. The van der Waals surface area contributed by atoms with Crippen molar-refractivity contribution in [1.82, 2.24) is 15.1 Å². The van der Waals surface area contributed by atoms with Gasteiger partial charge in [-0.1, -0.05) is 37.3 Å². The van der Waals surface area contributed by atoms with Gasteiger partial charge in [-0.3, -0.25) is 9.48 Å². The zero-order chi connectivity index (χ0) is 15.9. The van der Waals surface area contributed by atoms with E-state index in [0.717, 1.165) is 6.42 Å². The van der Waals surface area contributed by atoms with Gasteiger partial charge in [-0.15, -0.1) is 0 Å². The van der Waals surface area contributed by atoms with Crippen molar-refractivity contribution in [2.45, 2.75) is 39.3 Å². The minimum absolute atomic E-state index is 0.00694. The third-order valence-electron chi connectivity index (χ3n) is 3.59. The molecule has 0 radical (unpaired) electrons. The molecule has 2 aromatic rings. The summed E-state index contributed by atoms with van der Waals surface area (Å²) in [7, 11) is 0. The van der Waals surface area contributed by atoms with E-state index in [-0.39, 0.29) is 18.0 Å². The van der Waals surface area contributed by atoms with Gasteiger partial charge in [-0.25, -0.2) is 0 Å². The minimum Gasteiger partial charge on any atom is -0.357 e. The lowest BCUT2D eigenvalue weighted by molar-refractivity contribution is -0.121. The number of nitrogens with one attached hydrogen (secondary N) is 2. The lowest BCUT2D eigenvalue weighted by atomic mass is 10.1. The van der Waals surface area contributed by atoms with E-state index in [9.17, 15) is 4.79 Å². The lowest BCUT2D eigenvalue weighted by Gasteiger charge is -2.14. The van der Waals surface area contributed by atoms with E-state index in [1.165, 1.54) is 5.56 Å². The van der Waals surface area contributed by atoms with Crippen LogP contribution in [0.5, 0.6) is 0 Å². The lowest BCUT2D eigenvalue weighted by Crippen LogP contribution is -2.38. The Morgan fingerprint density at radius 1 is 1.23 bits per heavy atom. The van der Waals surface area contributed by atoms with Gasteiger partial charge in [0.05, 0.1) is 6.04 Å². The molecular formula is C17H24N4O. The number of benzene rings is 1. The first-order chi connectivity index (χ1) is 10.6. The number of hydrogen-bond acceptors (Lipinski definition) is 3. The molecule has 2 N–H and O–H groups in total. The SMILES string of the molecule is CCCNC(=O)[C@@H](C)Nc1ccn([C@@H](C)c2ccccc2)n1. The van der Waals surface area contributed by atoms with E-state index < -0.39 is 0 Å². The topological polar surface area (TPSA) is 59.0 Å². The Morgan fingerprint density at radius 2 is 1.95 bits per heavy atom. The molecule has 0 spiro atoms. The number of carbonyl (C=O) groups is 1. The van der Waals surface area contributed by atoms with Crippen LogP contribution in [-0.2, 0) is 4.79 Å². The van der Waals surface area contributed by atoms with Crippen LogP contribution in [0.15, 0.2) is 42.6 Å². The molecule has 0 aliphatic rings. The van der Waals surface area contributed by atoms with Crippen LogP contribution in [0.1, 0.15) is 38.8 Å². The maximum atomic E-state index is 11.9. The monoisotopic (exact) mass is 300 g/mol. The summed E-state index contributed by atoms with van der Waals surface area (Å²) < 4.78 is 1.90. The van der Waals surface area contributed by atoms with E-state index in [1.54, 1.807) is 0 Å². The predicted molar refractivity (Wildman–Crippen MR) is 88.9 cm³/mol. The molecule has 5 nitrogen and oxygen atoms in total. The average molecular weight is 300 g/mol. The van der Waals surface area contributed by atoms with Crippen molar-refractivity contribution in [3.05, 3.63) is 48.2 Å². The molecule has 0 aliphatic carbocycles. The summed E-state index contributed by atoms with van der Waals surface area (Å²) in [6, 6.07) is 12.0. The maximum Gasteiger partial charge on any atom is 0.242 e. The smallest absolute Gasteiger partial charge is 0.242 e.